The van der Waals surface area contributed by atoms with Crippen LogP contribution in [0.3, 0.4) is 0 Å². The first-order valence-corrected chi connectivity index (χ1v) is 6.47. The van der Waals surface area contributed by atoms with E-state index in [4.69, 9.17) is 9.15 Å². The lowest BCUT2D eigenvalue weighted by molar-refractivity contribution is -0.153. The molecule has 0 spiro atoms. The Bertz CT molecular complexity index is 578. The van der Waals surface area contributed by atoms with Crippen LogP contribution in [-0.2, 0) is 13.1 Å². The molecule has 0 radical (unpaired) electrons. The zero-order valence-electron chi connectivity index (χ0n) is 11.5. The molecule has 1 heterocycles. The van der Waals surface area contributed by atoms with E-state index in [2.05, 4.69) is 5.32 Å². The summed E-state index contributed by atoms with van der Waals surface area (Å²) in [5.74, 6) is 1.87. The van der Waals surface area contributed by atoms with Crippen molar-refractivity contribution >= 4 is 0 Å². The predicted molar refractivity (Wildman–Crippen MR) is 72.0 cm³/mol. The van der Waals surface area contributed by atoms with Crippen LogP contribution >= 0.6 is 0 Å². The summed E-state index contributed by atoms with van der Waals surface area (Å²) in [4.78, 5) is 0. The van der Waals surface area contributed by atoms with Crippen LogP contribution in [0.1, 0.15) is 17.1 Å². The Hall–Kier alpha value is -1.95. The maximum Gasteiger partial charge on any atom is 0.422 e. The first-order valence-electron chi connectivity index (χ1n) is 6.47. The molecule has 0 unspecified atom stereocenters. The summed E-state index contributed by atoms with van der Waals surface area (Å²) in [6.07, 6.45) is -4.33. The zero-order valence-corrected chi connectivity index (χ0v) is 11.5. The minimum Gasteiger partial charge on any atom is -0.484 e. The van der Waals surface area contributed by atoms with Gasteiger partial charge in [-0.3, -0.25) is 0 Å². The highest BCUT2D eigenvalue weighted by Crippen LogP contribution is 2.19. The van der Waals surface area contributed by atoms with Crippen LogP contribution < -0.4 is 10.1 Å². The third kappa shape index (κ3) is 5.51. The van der Waals surface area contributed by atoms with Gasteiger partial charge in [-0.25, -0.2) is 0 Å². The van der Waals surface area contributed by atoms with Crippen LogP contribution in [0, 0.1) is 6.92 Å². The Morgan fingerprint density at radius 2 is 1.95 bits per heavy atom. The van der Waals surface area contributed by atoms with E-state index in [0.717, 1.165) is 17.1 Å². The van der Waals surface area contributed by atoms with Crippen LogP contribution in [0.2, 0.25) is 0 Å². The summed E-state index contributed by atoms with van der Waals surface area (Å²) >= 11 is 0. The fourth-order valence-electron chi connectivity index (χ4n) is 1.82. The Balaban J connectivity index is 1.83. The molecule has 1 aromatic carbocycles. The van der Waals surface area contributed by atoms with Crippen molar-refractivity contribution in [2.75, 3.05) is 6.61 Å². The van der Waals surface area contributed by atoms with E-state index in [-0.39, 0.29) is 5.75 Å². The van der Waals surface area contributed by atoms with Gasteiger partial charge in [-0.1, -0.05) is 12.1 Å². The molecular formula is C15H16F3NO2. The Labute approximate surface area is 120 Å². The largest absolute Gasteiger partial charge is 0.484 e. The van der Waals surface area contributed by atoms with Crippen molar-refractivity contribution in [3.8, 4) is 5.75 Å². The molecule has 0 aliphatic heterocycles. The maximum atomic E-state index is 12.1. The smallest absolute Gasteiger partial charge is 0.422 e. The summed E-state index contributed by atoms with van der Waals surface area (Å²) in [6, 6.07) is 10.3. The summed E-state index contributed by atoms with van der Waals surface area (Å²) < 4.78 is 46.4. The van der Waals surface area contributed by atoms with Gasteiger partial charge in [0.2, 0.25) is 0 Å². The minimum absolute atomic E-state index is 0.209. The molecule has 0 fully saturated rings. The number of alkyl halides is 3. The van der Waals surface area contributed by atoms with Crippen LogP contribution in [0.15, 0.2) is 40.8 Å². The van der Waals surface area contributed by atoms with Gasteiger partial charge in [0.15, 0.2) is 6.61 Å². The van der Waals surface area contributed by atoms with Gasteiger partial charge in [-0.15, -0.1) is 0 Å². The molecule has 3 nitrogen and oxygen atoms in total. The first kappa shape index (κ1) is 15.4. The van der Waals surface area contributed by atoms with Crippen molar-refractivity contribution in [3.63, 3.8) is 0 Å². The molecule has 2 rings (SSSR count). The number of rotatable bonds is 6. The second-order valence-electron chi connectivity index (χ2n) is 4.67. The Morgan fingerprint density at radius 3 is 2.62 bits per heavy atom. The lowest BCUT2D eigenvalue weighted by Gasteiger charge is -2.10. The summed E-state index contributed by atoms with van der Waals surface area (Å²) in [7, 11) is 0. The summed E-state index contributed by atoms with van der Waals surface area (Å²) in [5.41, 5.74) is 0.845. The van der Waals surface area contributed by atoms with E-state index in [0.29, 0.717) is 13.1 Å². The fraction of sp³-hybridized carbons (Fsp3) is 0.333. The molecule has 0 saturated carbocycles. The minimum atomic E-state index is -4.33. The first-order chi connectivity index (χ1) is 9.92. The highest BCUT2D eigenvalue weighted by Gasteiger charge is 2.28. The van der Waals surface area contributed by atoms with Crippen LogP contribution in [-0.4, -0.2) is 12.8 Å². The fourth-order valence-corrected chi connectivity index (χ4v) is 1.82. The number of benzene rings is 1. The van der Waals surface area contributed by atoms with Crippen LogP contribution in [0.4, 0.5) is 13.2 Å². The third-order valence-corrected chi connectivity index (χ3v) is 2.73. The Kier molecular flexibility index (Phi) is 4.90. The second-order valence-corrected chi connectivity index (χ2v) is 4.67. The van der Waals surface area contributed by atoms with Crippen molar-refractivity contribution in [1.29, 1.82) is 0 Å². The lowest BCUT2D eigenvalue weighted by atomic mass is 10.2. The topological polar surface area (TPSA) is 34.4 Å². The molecular weight excluding hydrogens is 283 g/mol. The molecule has 21 heavy (non-hydrogen) atoms. The third-order valence-electron chi connectivity index (χ3n) is 2.73. The molecule has 6 heteroatoms. The quantitative estimate of drug-likeness (QED) is 0.880. The van der Waals surface area contributed by atoms with Crippen molar-refractivity contribution in [3.05, 3.63) is 53.5 Å². The van der Waals surface area contributed by atoms with Crippen molar-refractivity contribution in [2.45, 2.75) is 26.2 Å². The maximum absolute atomic E-state index is 12.1. The molecule has 0 amide bonds. The van der Waals surface area contributed by atoms with Gasteiger partial charge in [0.05, 0.1) is 6.54 Å². The molecule has 0 atom stereocenters. The highest BCUT2D eigenvalue weighted by atomic mass is 19.4. The number of nitrogens with one attached hydrogen (secondary N) is 1. The summed E-state index contributed by atoms with van der Waals surface area (Å²) in [5, 5.41) is 3.16. The van der Waals surface area contributed by atoms with E-state index >= 15 is 0 Å². The molecule has 0 bridgehead atoms. The van der Waals surface area contributed by atoms with Crippen LogP contribution in [0.5, 0.6) is 5.75 Å². The molecule has 2 aromatic rings. The molecule has 1 N–H and O–H groups in total. The van der Waals surface area contributed by atoms with Gasteiger partial charge >= 0.3 is 6.18 Å². The standard InChI is InChI=1S/C15H16F3NO2/c1-11-5-6-14(21-11)9-19-8-12-3-2-4-13(7-12)20-10-15(16,17)18/h2-7,19H,8-10H2,1H3. The van der Waals surface area contributed by atoms with Gasteiger partial charge in [-0.05, 0) is 36.8 Å². The highest BCUT2D eigenvalue weighted by molar-refractivity contribution is 5.28. The number of furan rings is 1. The number of halogens is 3. The van der Waals surface area contributed by atoms with Gasteiger partial charge in [-0.2, -0.15) is 13.2 Å². The predicted octanol–water partition coefficient (Wildman–Crippen LogP) is 3.82. The zero-order chi connectivity index (χ0) is 15.3. The molecule has 0 aliphatic carbocycles. The number of aryl methyl sites for hydroxylation is 1. The van der Waals surface area contributed by atoms with Gasteiger partial charge in [0.25, 0.3) is 0 Å². The van der Waals surface area contributed by atoms with Crippen molar-refractivity contribution < 1.29 is 22.3 Å². The van der Waals surface area contributed by atoms with Gasteiger partial charge in [0, 0.05) is 6.54 Å². The van der Waals surface area contributed by atoms with E-state index in [1.165, 1.54) is 6.07 Å². The van der Waals surface area contributed by atoms with Crippen molar-refractivity contribution in [1.82, 2.24) is 5.32 Å². The van der Waals surface area contributed by atoms with Crippen molar-refractivity contribution in [2.24, 2.45) is 0 Å². The molecule has 114 valence electrons. The second kappa shape index (κ2) is 6.67. The van der Waals surface area contributed by atoms with Crippen LogP contribution in [0.25, 0.3) is 0 Å². The average Bonchev–Trinajstić information content (AvgIpc) is 2.82. The van der Waals surface area contributed by atoms with Gasteiger partial charge in [0.1, 0.15) is 17.3 Å². The monoisotopic (exact) mass is 299 g/mol. The van der Waals surface area contributed by atoms with E-state index in [9.17, 15) is 13.2 Å². The number of ether oxygens (including phenoxy) is 1. The van der Waals surface area contributed by atoms with E-state index in [1.807, 2.05) is 25.1 Å². The van der Waals surface area contributed by atoms with E-state index in [1.54, 1.807) is 12.1 Å². The summed E-state index contributed by atoms with van der Waals surface area (Å²) in [6.45, 7) is 1.66. The Morgan fingerprint density at radius 1 is 1.14 bits per heavy atom. The van der Waals surface area contributed by atoms with Gasteiger partial charge < -0.3 is 14.5 Å². The number of hydrogen-bond acceptors (Lipinski definition) is 3. The average molecular weight is 299 g/mol. The molecule has 0 aliphatic rings. The SMILES string of the molecule is Cc1ccc(CNCc2cccc(OCC(F)(F)F)c2)o1. The molecule has 1 aromatic heterocycles. The van der Waals surface area contributed by atoms with E-state index < -0.39 is 12.8 Å². The normalized spacial score (nSPS) is 11.6. The molecule has 0 saturated heterocycles. The lowest BCUT2D eigenvalue weighted by Crippen LogP contribution is -2.19. The number of hydrogen-bond donors (Lipinski definition) is 1.